The number of rotatable bonds is 3. The van der Waals surface area contributed by atoms with E-state index < -0.39 is 15.3 Å². The summed E-state index contributed by atoms with van der Waals surface area (Å²) in [7, 11) is -3.98. The second-order valence-corrected chi connectivity index (χ2v) is 6.97. The molecule has 0 aromatic heterocycles. The van der Waals surface area contributed by atoms with Crippen LogP contribution in [0.4, 0.5) is 10.5 Å². The molecule has 0 spiro atoms. The van der Waals surface area contributed by atoms with Crippen LogP contribution < -0.4 is 10.0 Å². The van der Waals surface area contributed by atoms with E-state index in [9.17, 15) is 13.2 Å². The van der Waals surface area contributed by atoms with E-state index in [1.807, 2.05) is 0 Å². The van der Waals surface area contributed by atoms with Gasteiger partial charge in [0.2, 0.25) is 0 Å². The van der Waals surface area contributed by atoms with Gasteiger partial charge in [0.25, 0.3) is 10.0 Å². The lowest BCUT2D eigenvalue weighted by Crippen LogP contribution is -2.42. The highest BCUT2D eigenvalue weighted by atomic mass is 32.2. The number of sulfonamides is 1. The Morgan fingerprint density at radius 2 is 1.70 bits per heavy atom. The largest absolute Gasteiger partial charge is 0.356 e. The molecule has 0 aliphatic heterocycles. The van der Waals surface area contributed by atoms with Crippen molar-refractivity contribution in [3.05, 3.63) is 30.3 Å². The van der Waals surface area contributed by atoms with Gasteiger partial charge in [0, 0.05) is 11.7 Å². The SMILES string of the molecule is CC1CCC(NS(=O)(=O)C(=O)Nc2ccccc2)CC1. The molecule has 1 amide bonds. The van der Waals surface area contributed by atoms with Gasteiger partial charge in [0.05, 0.1) is 0 Å². The first-order valence-corrected chi connectivity index (χ1v) is 8.34. The van der Waals surface area contributed by atoms with E-state index in [1.165, 1.54) is 0 Å². The summed E-state index contributed by atoms with van der Waals surface area (Å²) in [5.74, 6) is 0.633. The molecule has 1 aromatic rings. The van der Waals surface area contributed by atoms with Crippen molar-refractivity contribution >= 4 is 20.9 Å². The first-order valence-electron chi connectivity index (χ1n) is 6.86. The fraction of sp³-hybridized carbons (Fsp3) is 0.500. The van der Waals surface area contributed by atoms with Crippen molar-refractivity contribution in [1.29, 1.82) is 0 Å². The maximum absolute atomic E-state index is 12.0. The predicted octanol–water partition coefficient (Wildman–Crippen LogP) is 2.72. The summed E-state index contributed by atoms with van der Waals surface area (Å²) in [5.41, 5.74) is 0.472. The molecule has 1 aromatic carbocycles. The molecule has 0 atom stereocenters. The molecule has 1 aliphatic rings. The number of nitrogens with one attached hydrogen (secondary N) is 2. The van der Waals surface area contributed by atoms with Gasteiger partial charge in [-0.3, -0.25) is 4.79 Å². The second kappa shape index (κ2) is 6.37. The average molecular weight is 296 g/mol. The minimum Gasteiger partial charge on any atom is -0.312 e. The molecule has 6 heteroatoms. The molecule has 1 aliphatic carbocycles. The van der Waals surface area contributed by atoms with Crippen LogP contribution in [-0.4, -0.2) is 19.7 Å². The van der Waals surface area contributed by atoms with E-state index >= 15 is 0 Å². The van der Waals surface area contributed by atoms with Crippen LogP contribution in [0.25, 0.3) is 0 Å². The minimum absolute atomic E-state index is 0.127. The van der Waals surface area contributed by atoms with Gasteiger partial charge in [0.15, 0.2) is 0 Å². The van der Waals surface area contributed by atoms with Crippen LogP contribution in [0.15, 0.2) is 30.3 Å². The Hall–Kier alpha value is -1.40. The van der Waals surface area contributed by atoms with Gasteiger partial charge in [0.1, 0.15) is 0 Å². The second-order valence-electron chi connectivity index (χ2n) is 5.36. The summed E-state index contributed by atoms with van der Waals surface area (Å²) < 4.78 is 26.4. The monoisotopic (exact) mass is 296 g/mol. The fourth-order valence-electron chi connectivity index (χ4n) is 2.36. The number of carbonyl (C=O) groups excluding carboxylic acids is 1. The Kier molecular flexibility index (Phi) is 4.77. The zero-order chi connectivity index (χ0) is 14.6. The molecule has 110 valence electrons. The highest BCUT2D eigenvalue weighted by Crippen LogP contribution is 2.24. The number of anilines is 1. The molecular formula is C14H20N2O3S. The third-order valence-corrected chi connectivity index (χ3v) is 4.84. The van der Waals surface area contributed by atoms with Crippen LogP contribution in [0.1, 0.15) is 32.6 Å². The first-order chi connectivity index (χ1) is 9.47. The number of hydrogen-bond donors (Lipinski definition) is 2. The molecule has 0 unspecified atom stereocenters. The standard InChI is InChI=1S/C14H20N2O3S/c1-11-7-9-13(10-8-11)16-20(18,19)14(17)15-12-5-3-2-4-6-12/h2-6,11,13,16H,7-10H2,1H3,(H,15,17). The fourth-order valence-corrected chi connectivity index (χ4v) is 3.39. The van der Waals surface area contributed by atoms with Crippen LogP contribution in [0.3, 0.4) is 0 Å². The van der Waals surface area contributed by atoms with Crippen LogP contribution in [-0.2, 0) is 10.0 Å². The van der Waals surface area contributed by atoms with Crippen LogP contribution >= 0.6 is 0 Å². The van der Waals surface area contributed by atoms with E-state index in [1.54, 1.807) is 30.3 Å². The normalized spacial score (nSPS) is 23.2. The summed E-state index contributed by atoms with van der Waals surface area (Å²) in [6.45, 7) is 2.16. The summed E-state index contributed by atoms with van der Waals surface area (Å²) in [6, 6.07) is 8.44. The topological polar surface area (TPSA) is 75.3 Å². The van der Waals surface area contributed by atoms with Crippen molar-refractivity contribution < 1.29 is 13.2 Å². The van der Waals surface area contributed by atoms with Gasteiger partial charge >= 0.3 is 5.24 Å². The zero-order valence-corrected chi connectivity index (χ0v) is 12.3. The molecular weight excluding hydrogens is 276 g/mol. The smallest absolute Gasteiger partial charge is 0.312 e. The van der Waals surface area contributed by atoms with E-state index in [-0.39, 0.29) is 6.04 Å². The van der Waals surface area contributed by atoms with Crippen molar-refractivity contribution in [2.75, 3.05) is 5.32 Å². The zero-order valence-electron chi connectivity index (χ0n) is 11.5. The molecule has 2 rings (SSSR count). The van der Waals surface area contributed by atoms with E-state index in [4.69, 9.17) is 0 Å². The van der Waals surface area contributed by atoms with E-state index in [0.29, 0.717) is 11.6 Å². The molecule has 1 fully saturated rings. The quantitative estimate of drug-likeness (QED) is 0.900. The summed E-state index contributed by atoms with van der Waals surface area (Å²) in [4.78, 5) is 11.8. The lowest BCUT2D eigenvalue weighted by atomic mass is 9.88. The maximum Gasteiger partial charge on any atom is 0.356 e. The predicted molar refractivity (Wildman–Crippen MR) is 78.9 cm³/mol. The molecule has 5 nitrogen and oxygen atoms in total. The van der Waals surface area contributed by atoms with E-state index in [0.717, 1.165) is 25.7 Å². The highest BCUT2D eigenvalue weighted by molar-refractivity contribution is 8.04. The molecule has 0 bridgehead atoms. The molecule has 0 radical (unpaired) electrons. The molecule has 20 heavy (non-hydrogen) atoms. The van der Waals surface area contributed by atoms with Crippen LogP contribution in [0, 0.1) is 5.92 Å². The average Bonchev–Trinajstić information content (AvgIpc) is 2.42. The molecule has 0 saturated heterocycles. The van der Waals surface area contributed by atoms with Gasteiger partial charge in [-0.25, -0.2) is 13.1 Å². The van der Waals surface area contributed by atoms with Crippen molar-refractivity contribution in [3.63, 3.8) is 0 Å². The third kappa shape index (κ3) is 4.05. The van der Waals surface area contributed by atoms with Crippen molar-refractivity contribution in [2.45, 2.75) is 38.6 Å². The summed E-state index contributed by atoms with van der Waals surface area (Å²) in [5, 5.41) is 1.39. The lowest BCUT2D eigenvalue weighted by molar-refractivity contribution is 0.266. The Balaban J connectivity index is 1.94. The maximum atomic E-state index is 12.0. The lowest BCUT2D eigenvalue weighted by Gasteiger charge is -2.26. The number of carbonyl (C=O) groups is 1. The van der Waals surface area contributed by atoms with Crippen LogP contribution in [0.5, 0.6) is 0 Å². The highest BCUT2D eigenvalue weighted by Gasteiger charge is 2.28. The van der Waals surface area contributed by atoms with Crippen molar-refractivity contribution in [3.8, 4) is 0 Å². The Morgan fingerprint density at radius 3 is 2.30 bits per heavy atom. The van der Waals surface area contributed by atoms with Crippen LogP contribution in [0.2, 0.25) is 0 Å². The summed E-state index contributed by atoms with van der Waals surface area (Å²) >= 11 is 0. The summed E-state index contributed by atoms with van der Waals surface area (Å²) in [6.07, 6.45) is 3.57. The van der Waals surface area contributed by atoms with Crippen molar-refractivity contribution in [1.82, 2.24) is 4.72 Å². The Labute approximate surface area is 119 Å². The number of hydrogen-bond acceptors (Lipinski definition) is 3. The number of benzene rings is 1. The number of para-hydroxylation sites is 1. The van der Waals surface area contributed by atoms with Gasteiger partial charge in [-0.15, -0.1) is 0 Å². The molecule has 0 heterocycles. The van der Waals surface area contributed by atoms with Gasteiger partial charge in [-0.05, 0) is 43.7 Å². The van der Waals surface area contributed by atoms with Gasteiger partial charge in [-0.1, -0.05) is 25.1 Å². The molecule has 2 N–H and O–H groups in total. The first kappa shape index (κ1) is 15.0. The Bertz CT molecular complexity index is 549. The van der Waals surface area contributed by atoms with Crippen molar-refractivity contribution in [2.24, 2.45) is 5.92 Å². The Morgan fingerprint density at radius 1 is 1.10 bits per heavy atom. The van der Waals surface area contributed by atoms with Gasteiger partial charge < -0.3 is 5.32 Å². The molecule has 1 saturated carbocycles. The third-order valence-electron chi connectivity index (χ3n) is 3.60. The van der Waals surface area contributed by atoms with E-state index in [2.05, 4.69) is 17.0 Å². The minimum atomic E-state index is -3.98. The van der Waals surface area contributed by atoms with Gasteiger partial charge in [-0.2, -0.15) is 0 Å². The number of amides is 1.